The van der Waals surface area contributed by atoms with Crippen molar-refractivity contribution in [1.29, 1.82) is 0 Å². The molecule has 2 heterocycles. The molecule has 2 fully saturated rings. The molecule has 0 unspecified atom stereocenters. The Morgan fingerprint density at radius 2 is 2.12 bits per heavy atom. The van der Waals surface area contributed by atoms with Crippen molar-refractivity contribution in [2.45, 2.75) is 25.3 Å². The number of likely N-dealkylation sites (tertiary alicyclic amines) is 1. The van der Waals surface area contributed by atoms with Crippen molar-refractivity contribution >= 4 is 17.8 Å². The molecule has 0 spiro atoms. The summed E-state index contributed by atoms with van der Waals surface area (Å²) in [4.78, 5) is 34.7. The van der Waals surface area contributed by atoms with Gasteiger partial charge in [-0.3, -0.25) is 14.4 Å². The smallest absolute Gasteiger partial charge is 0.303 e. The molecule has 0 radical (unpaired) electrons. The average Bonchev–Trinajstić information content (AvgIpc) is 2.56. The van der Waals surface area contributed by atoms with E-state index in [9.17, 15) is 14.4 Å². The Bertz CT molecular complexity index is 336. The summed E-state index contributed by atoms with van der Waals surface area (Å²) in [5.74, 6) is -0.918. The standard InChI is InChI=1S/C10H14N2O4/c13-8-2-1-7(11-8)10(16)12-4-6(5-12)3-9(14)15/h6-7H,1-5H2,(H,11,13)(H,14,15)/t7-/m0/s1. The van der Waals surface area contributed by atoms with Gasteiger partial charge in [-0.05, 0) is 6.42 Å². The average molecular weight is 226 g/mol. The molecule has 2 saturated heterocycles. The van der Waals surface area contributed by atoms with Crippen LogP contribution in [-0.2, 0) is 14.4 Å². The fourth-order valence-corrected chi connectivity index (χ4v) is 2.15. The van der Waals surface area contributed by atoms with Crippen molar-refractivity contribution in [1.82, 2.24) is 10.2 Å². The van der Waals surface area contributed by atoms with Gasteiger partial charge in [0.1, 0.15) is 6.04 Å². The molecule has 0 bridgehead atoms. The number of nitrogens with one attached hydrogen (secondary N) is 1. The first-order chi connectivity index (χ1) is 7.56. The van der Waals surface area contributed by atoms with Crippen LogP contribution in [0.25, 0.3) is 0 Å². The number of nitrogens with zero attached hydrogens (tertiary/aromatic N) is 1. The number of amides is 2. The number of carbonyl (C=O) groups is 3. The van der Waals surface area contributed by atoms with E-state index < -0.39 is 12.0 Å². The Labute approximate surface area is 92.6 Å². The lowest BCUT2D eigenvalue weighted by Gasteiger charge is -2.39. The summed E-state index contributed by atoms with van der Waals surface area (Å²) in [6.07, 6.45) is 1.07. The van der Waals surface area contributed by atoms with E-state index in [1.807, 2.05) is 0 Å². The van der Waals surface area contributed by atoms with E-state index in [1.54, 1.807) is 4.90 Å². The van der Waals surface area contributed by atoms with Gasteiger partial charge in [-0.1, -0.05) is 0 Å². The molecule has 2 aliphatic rings. The predicted octanol–water partition coefficient (Wildman–Crippen LogP) is -0.802. The van der Waals surface area contributed by atoms with Crippen molar-refractivity contribution in [3.05, 3.63) is 0 Å². The van der Waals surface area contributed by atoms with Crippen LogP contribution < -0.4 is 5.32 Å². The van der Waals surface area contributed by atoms with Crippen LogP contribution in [0, 0.1) is 5.92 Å². The third-order valence-corrected chi connectivity index (χ3v) is 3.03. The quantitative estimate of drug-likeness (QED) is 0.659. The number of carboxylic acid groups (broad SMARTS) is 1. The first-order valence-corrected chi connectivity index (χ1v) is 5.36. The maximum Gasteiger partial charge on any atom is 0.303 e. The van der Waals surface area contributed by atoms with Crippen LogP contribution in [0.1, 0.15) is 19.3 Å². The number of aliphatic carboxylic acids is 1. The summed E-state index contributed by atoms with van der Waals surface area (Å²) >= 11 is 0. The van der Waals surface area contributed by atoms with Crippen molar-refractivity contribution in [3.63, 3.8) is 0 Å². The summed E-state index contributed by atoms with van der Waals surface area (Å²) in [7, 11) is 0. The monoisotopic (exact) mass is 226 g/mol. The van der Waals surface area contributed by atoms with Gasteiger partial charge in [0.15, 0.2) is 0 Å². The summed E-state index contributed by atoms with van der Waals surface area (Å²) < 4.78 is 0. The summed E-state index contributed by atoms with van der Waals surface area (Å²) in [5, 5.41) is 11.2. The van der Waals surface area contributed by atoms with E-state index in [-0.39, 0.29) is 24.2 Å². The Morgan fingerprint density at radius 1 is 1.44 bits per heavy atom. The van der Waals surface area contributed by atoms with Crippen LogP contribution in [0.4, 0.5) is 0 Å². The van der Waals surface area contributed by atoms with Gasteiger partial charge in [-0.25, -0.2) is 0 Å². The van der Waals surface area contributed by atoms with Crippen molar-refractivity contribution in [2.24, 2.45) is 5.92 Å². The lowest BCUT2D eigenvalue weighted by atomic mass is 9.95. The van der Waals surface area contributed by atoms with E-state index in [0.717, 1.165) is 0 Å². The summed E-state index contributed by atoms with van der Waals surface area (Å²) in [6.45, 7) is 0.995. The third-order valence-electron chi connectivity index (χ3n) is 3.03. The van der Waals surface area contributed by atoms with Crippen LogP contribution in [0.2, 0.25) is 0 Å². The van der Waals surface area contributed by atoms with Crippen LogP contribution in [0.3, 0.4) is 0 Å². The third kappa shape index (κ3) is 2.15. The second-order valence-electron chi connectivity index (χ2n) is 4.37. The molecule has 6 nitrogen and oxygen atoms in total. The highest BCUT2D eigenvalue weighted by Gasteiger charge is 2.37. The minimum absolute atomic E-state index is 0.0681. The molecule has 6 heteroatoms. The Balaban J connectivity index is 1.77. The molecule has 0 saturated carbocycles. The Morgan fingerprint density at radius 3 is 2.62 bits per heavy atom. The molecule has 0 aromatic rings. The second-order valence-corrected chi connectivity index (χ2v) is 4.37. The lowest BCUT2D eigenvalue weighted by molar-refractivity contribution is -0.146. The van der Waals surface area contributed by atoms with E-state index in [2.05, 4.69) is 5.32 Å². The van der Waals surface area contributed by atoms with E-state index in [0.29, 0.717) is 25.9 Å². The summed E-state index contributed by atoms with van der Waals surface area (Å²) in [5.41, 5.74) is 0. The molecule has 88 valence electrons. The molecule has 0 aliphatic carbocycles. The molecule has 1 atom stereocenters. The van der Waals surface area contributed by atoms with Crippen LogP contribution in [0.15, 0.2) is 0 Å². The minimum atomic E-state index is -0.828. The minimum Gasteiger partial charge on any atom is -0.481 e. The molecule has 2 amide bonds. The topological polar surface area (TPSA) is 86.7 Å². The number of hydrogen-bond acceptors (Lipinski definition) is 3. The number of carboxylic acids is 1. The highest BCUT2D eigenvalue weighted by Crippen LogP contribution is 2.21. The van der Waals surface area contributed by atoms with E-state index in [4.69, 9.17) is 5.11 Å². The van der Waals surface area contributed by atoms with Crippen molar-refractivity contribution in [2.75, 3.05) is 13.1 Å². The van der Waals surface area contributed by atoms with Gasteiger partial charge in [0.2, 0.25) is 11.8 Å². The Kier molecular flexibility index (Phi) is 2.80. The Hall–Kier alpha value is -1.59. The molecule has 0 aromatic carbocycles. The molecular formula is C10H14N2O4. The molecule has 2 N–H and O–H groups in total. The fourth-order valence-electron chi connectivity index (χ4n) is 2.15. The number of rotatable bonds is 3. The van der Waals surface area contributed by atoms with Crippen LogP contribution in [-0.4, -0.2) is 46.9 Å². The van der Waals surface area contributed by atoms with E-state index >= 15 is 0 Å². The first-order valence-electron chi connectivity index (χ1n) is 5.36. The molecular weight excluding hydrogens is 212 g/mol. The second kappa shape index (κ2) is 4.11. The highest BCUT2D eigenvalue weighted by molar-refractivity contribution is 5.91. The highest BCUT2D eigenvalue weighted by atomic mass is 16.4. The maximum absolute atomic E-state index is 11.8. The first kappa shape index (κ1) is 10.9. The molecule has 2 rings (SSSR count). The largest absolute Gasteiger partial charge is 0.481 e. The normalized spacial score (nSPS) is 25.1. The van der Waals surface area contributed by atoms with Gasteiger partial charge in [-0.2, -0.15) is 0 Å². The zero-order valence-corrected chi connectivity index (χ0v) is 8.81. The van der Waals surface area contributed by atoms with Crippen LogP contribution >= 0.6 is 0 Å². The van der Waals surface area contributed by atoms with Crippen molar-refractivity contribution in [3.8, 4) is 0 Å². The zero-order valence-electron chi connectivity index (χ0n) is 8.81. The van der Waals surface area contributed by atoms with Gasteiger partial charge < -0.3 is 15.3 Å². The SMILES string of the molecule is O=C(O)CC1CN(C(=O)[C@@H]2CCC(=O)N2)C1. The number of carbonyl (C=O) groups excluding carboxylic acids is 2. The fraction of sp³-hybridized carbons (Fsp3) is 0.700. The number of hydrogen-bond donors (Lipinski definition) is 2. The maximum atomic E-state index is 11.8. The van der Waals surface area contributed by atoms with Crippen molar-refractivity contribution < 1.29 is 19.5 Å². The molecule has 2 aliphatic heterocycles. The lowest BCUT2D eigenvalue weighted by Crippen LogP contribution is -2.55. The van der Waals surface area contributed by atoms with Gasteiger partial charge >= 0.3 is 5.97 Å². The van der Waals surface area contributed by atoms with E-state index in [1.165, 1.54) is 0 Å². The van der Waals surface area contributed by atoms with Gasteiger partial charge in [-0.15, -0.1) is 0 Å². The molecule has 16 heavy (non-hydrogen) atoms. The predicted molar refractivity (Wildman–Crippen MR) is 53.5 cm³/mol. The molecule has 0 aromatic heterocycles. The van der Waals surface area contributed by atoms with Gasteiger partial charge in [0.05, 0.1) is 6.42 Å². The van der Waals surface area contributed by atoms with Gasteiger partial charge in [0.25, 0.3) is 0 Å². The summed E-state index contributed by atoms with van der Waals surface area (Å²) in [6, 6.07) is -0.390. The zero-order chi connectivity index (χ0) is 11.7. The van der Waals surface area contributed by atoms with Gasteiger partial charge in [0, 0.05) is 25.4 Å². The van der Waals surface area contributed by atoms with Crippen LogP contribution in [0.5, 0.6) is 0 Å².